The van der Waals surface area contributed by atoms with Crippen molar-refractivity contribution in [1.29, 1.82) is 5.26 Å². The highest BCUT2D eigenvalue weighted by molar-refractivity contribution is 7.11. The first-order valence-corrected chi connectivity index (χ1v) is 9.69. The number of non-ortho nitro benzene ring substituents is 1. The number of fused-ring (bicyclic) bond motifs is 1. The molecule has 0 saturated carbocycles. The fourth-order valence-corrected chi connectivity index (χ4v) is 3.68. The van der Waals surface area contributed by atoms with Crippen LogP contribution in [0.2, 0.25) is 0 Å². The summed E-state index contributed by atoms with van der Waals surface area (Å²) in [5, 5.41) is 23.1. The molecular weight excluding hydrogens is 402 g/mol. The van der Waals surface area contributed by atoms with Gasteiger partial charge in [-0.25, -0.2) is 9.78 Å². The van der Waals surface area contributed by atoms with Crippen molar-refractivity contribution in [3.63, 3.8) is 0 Å². The minimum absolute atomic E-state index is 0.103. The van der Waals surface area contributed by atoms with Crippen LogP contribution in [0.5, 0.6) is 0 Å². The van der Waals surface area contributed by atoms with E-state index in [-0.39, 0.29) is 16.8 Å². The zero-order chi connectivity index (χ0) is 21.3. The van der Waals surface area contributed by atoms with Gasteiger partial charge < -0.3 is 4.42 Å². The molecule has 8 heteroatoms. The highest BCUT2D eigenvalue weighted by atomic mass is 32.1. The van der Waals surface area contributed by atoms with Crippen LogP contribution < -0.4 is 5.63 Å². The Balaban J connectivity index is 1.75. The molecule has 0 aliphatic rings. The van der Waals surface area contributed by atoms with Gasteiger partial charge in [0, 0.05) is 22.9 Å². The zero-order valence-electron chi connectivity index (χ0n) is 15.7. The first kappa shape index (κ1) is 19.2. The summed E-state index contributed by atoms with van der Waals surface area (Å²) in [6, 6.07) is 15.4. The lowest BCUT2D eigenvalue weighted by atomic mass is 10.1. The average Bonchev–Trinajstić information content (AvgIpc) is 3.22. The van der Waals surface area contributed by atoms with Gasteiger partial charge in [0.2, 0.25) is 0 Å². The van der Waals surface area contributed by atoms with Gasteiger partial charge >= 0.3 is 5.63 Å². The molecule has 0 radical (unpaired) electrons. The van der Waals surface area contributed by atoms with Gasteiger partial charge in [-0.05, 0) is 30.7 Å². The monoisotopic (exact) mass is 415 g/mol. The van der Waals surface area contributed by atoms with E-state index in [9.17, 15) is 20.2 Å². The van der Waals surface area contributed by atoms with E-state index in [0.717, 1.165) is 11.1 Å². The lowest BCUT2D eigenvalue weighted by Crippen LogP contribution is -2.03. The number of rotatable bonds is 4. The van der Waals surface area contributed by atoms with Crippen molar-refractivity contribution in [2.24, 2.45) is 0 Å². The van der Waals surface area contributed by atoms with Crippen molar-refractivity contribution in [2.45, 2.75) is 6.92 Å². The molecule has 2 heterocycles. The molecule has 7 nitrogen and oxygen atoms in total. The van der Waals surface area contributed by atoms with Crippen molar-refractivity contribution in [2.75, 3.05) is 0 Å². The Kier molecular flexibility index (Phi) is 4.96. The topological polar surface area (TPSA) is 110 Å². The molecule has 0 saturated heterocycles. The lowest BCUT2D eigenvalue weighted by molar-refractivity contribution is -0.384. The maximum atomic E-state index is 12.4. The molecule has 0 bridgehead atoms. The molecule has 0 unspecified atom stereocenters. The van der Waals surface area contributed by atoms with Crippen molar-refractivity contribution < 1.29 is 9.34 Å². The second kappa shape index (κ2) is 7.73. The van der Waals surface area contributed by atoms with Crippen molar-refractivity contribution >= 4 is 39.6 Å². The third-order valence-corrected chi connectivity index (χ3v) is 5.32. The highest BCUT2D eigenvalue weighted by Crippen LogP contribution is 2.28. The van der Waals surface area contributed by atoms with Gasteiger partial charge in [0.15, 0.2) is 0 Å². The first-order chi connectivity index (χ1) is 14.4. The van der Waals surface area contributed by atoms with Crippen LogP contribution in [-0.2, 0) is 0 Å². The van der Waals surface area contributed by atoms with E-state index in [0.29, 0.717) is 21.7 Å². The Morgan fingerprint density at radius 1 is 1.23 bits per heavy atom. The van der Waals surface area contributed by atoms with Crippen LogP contribution in [-0.4, -0.2) is 9.91 Å². The number of allylic oxidation sites excluding steroid dienone is 1. The summed E-state index contributed by atoms with van der Waals surface area (Å²) in [5.74, 6) is 0. The van der Waals surface area contributed by atoms with Crippen molar-refractivity contribution in [3.8, 4) is 17.3 Å². The molecule has 0 fully saturated rings. The number of aryl methyl sites for hydroxylation is 1. The predicted octanol–water partition coefficient (Wildman–Crippen LogP) is 5.20. The number of benzene rings is 2. The van der Waals surface area contributed by atoms with E-state index < -0.39 is 10.5 Å². The Bertz CT molecular complexity index is 1410. The molecule has 4 rings (SSSR count). The predicted molar refractivity (Wildman–Crippen MR) is 115 cm³/mol. The third kappa shape index (κ3) is 3.74. The van der Waals surface area contributed by atoms with E-state index in [2.05, 4.69) is 11.1 Å². The van der Waals surface area contributed by atoms with E-state index in [1.165, 1.54) is 35.6 Å². The molecule has 2 aromatic carbocycles. The number of nitro groups is 1. The molecule has 0 aliphatic carbocycles. The number of nitriles is 1. The average molecular weight is 415 g/mol. The minimum atomic E-state index is -0.603. The van der Waals surface area contributed by atoms with Gasteiger partial charge in [-0.1, -0.05) is 29.8 Å². The smallest absolute Gasteiger partial charge is 0.345 e. The summed E-state index contributed by atoms with van der Waals surface area (Å²) in [5.41, 5.74) is 2.43. The van der Waals surface area contributed by atoms with Gasteiger partial charge in [0.05, 0.1) is 21.8 Å². The van der Waals surface area contributed by atoms with Gasteiger partial charge in [0.1, 0.15) is 16.7 Å². The van der Waals surface area contributed by atoms with E-state index in [1.807, 2.05) is 31.2 Å². The Morgan fingerprint density at radius 2 is 2.00 bits per heavy atom. The second-order valence-electron chi connectivity index (χ2n) is 6.55. The fourth-order valence-electron chi connectivity index (χ4n) is 2.90. The fraction of sp³-hybridized carbons (Fsp3) is 0.0455. The van der Waals surface area contributed by atoms with Gasteiger partial charge in [-0.3, -0.25) is 10.1 Å². The third-order valence-electron chi connectivity index (χ3n) is 4.45. The van der Waals surface area contributed by atoms with Crippen LogP contribution in [0.3, 0.4) is 0 Å². The van der Waals surface area contributed by atoms with Gasteiger partial charge in [-0.15, -0.1) is 11.3 Å². The Hall–Kier alpha value is -4.09. The Labute approximate surface area is 174 Å². The summed E-state index contributed by atoms with van der Waals surface area (Å²) in [6.45, 7) is 1.98. The van der Waals surface area contributed by atoms with E-state index in [4.69, 9.17) is 4.42 Å². The maximum Gasteiger partial charge on any atom is 0.345 e. The van der Waals surface area contributed by atoms with Crippen LogP contribution in [0.25, 0.3) is 33.9 Å². The molecule has 0 amide bonds. The molecule has 2 aromatic heterocycles. The molecular formula is C22H13N3O4S. The number of nitro benzene ring substituents is 1. The van der Waals surface area contributed by atoms with Crippen LogP contribution in [0.4, 0.5) is 5.69 Å². The summed E-state index contributed by atoms with van der Waals surface area (Å²) in [4.78, 5) is 27.3. The summed E-state index contributed by atoms with van der Waals surface area (Å²) < 4.78 is 5.29. The normalized spacial score (nSPS) is 11.4. The number of aromatic nitrogens is 1. The number of hydrogen-bond acceptors (Lipinski definition) is 7. The number of nitrogens with zero attached hydrogens (tertiary/aromatic N) is 3. The molecule has 0 atom stereocenters. The number of thiazole rings is 1. The van der Waals surface area contributed by atoms with Crippen LogP contribution in [0.1, 0.15) is 16.1 Å². The van der Waals surface area contributed by atoms with E-state index in [1.54, 1.807) is 11.5 Å². The van der Waals surface area contributed by atoms with Gasteiger partial charge in [0.25, 0.3) is 5.69 Å². The lowest BCUT2D eigenvalue weighted by Gasteiger charge is -2.00. The second-order valence-corrected chi connectivity index (χ2v) is 7.40. The largest absolute Gasteiger partial charge is 0.422 e. The highest BCUT2D eigenvalue weighted by Gasteiger charge is 2.15. The quantitative estimate of drug-likeness (QED) is 0.196. The van der Waals surface area contributed by atoms with Crippen LogP contribution in [0.15, 0.2) is 63.1 Å². The molecule has 4 aromatic rings. The van der Waals surface area contributed by atoms with Crippen LogP contribution in [0, 0.1) is 28.4 Å². The van der Waals surface area contributed by atoms with Crippen molar-refractivity contribution in [3.05, 3.63) is 90.6 Å². The van der Waals surface area contributed by atoms with Gasteiger partial charge in [-0.2, -0.15) is 5.26 Å². The summed E-state index contributed by atoms with van der Waals surface area (Å²) >= 11 is 1.23. The standard InChI is InChI=1S/C22H13N3O4S/c1-13-2-4-14(5-3-13)8-16(11-23)21-24-19(12-30-21)18-10-15-9-17(25(27)28)6-7-20(15)29-22(18)26/h2-10,12H,1H3/b16-8+. The number of hydrogen-bond donors (Lipinski definition) is 0. The maximum absolute atomic E-state index is 12.4. The molecule has 0 aliphatic heterocycles. The minimum Gasteiger partial charge on any atom is -0.422 e. The van der Waals surface area contributed by atoms with Crippen molar-refractivity contribution in [1.82, 2.24) is 4.98 Å². The molecule has 146 valence electrons. The SMILES string of the molecule is Cc1ccc(/C=C(\C#N)c2nc(-c3cc4cc([N+](=O)[O-])ccc4oc3=O)cs2)cc1. The summed E-state index contributed by atoms with van der Waals surface area (Å²) in [6.07, 6.45) is 1.73. The zero-order valence-corrected chi connectivity index (χ0v) is 16.5. The molecule has 0 spiro atoms. The molecule has 30 heavy (non-hydrogen) atoms. The summed E-state index contributed by atoms with van der Waals surface area (Å²) in [7, 11) is 0. The first-order valence-electron chi connectivity index (χ1n) is 8.81. The Morgan fingerprint density at radius 3 is 2.70 bits per heavy atom. The van der Waals surface area contributed by atoms with Crippen LogP contribution >= 0.6 is 11.3 Å². The molecule has 0 N–H and O–H groups in total. The van der Waals surface area contributed by atoms with E-state index >= 15 is 0 Å².